The van der Waals surface area contributed by atoms with Crippen LogP contribution in [0.5, 0.6) is 0 Å². The van der Waals surface area contributed by atoms with Gasteiger partial charge < -0.3 is 10.4 Å². The van der Waals surface area contributed by atoms with E-state index in [1.807, 2.05) is 26.1 Å². The lowest BCUT2D eigenvalue weighted by Crippen LogP contribution is -2.35. The van der Waals surface area contributed by atoms with Gasteiger partial charge in [-0.3, -0.25) is 4.98 Å². The number of anilines is 1. The van der Waals surface area contributed by atoms with Gasteiger partial charge in [0, 0.05) is 12.1 Å². The first-order valence-corrected chi connectivity index (χ1v) is 11.1. The first kappa shape index (κ1) is 21.0. The molecule has 8 heteroatoms. The van der Waals surface area contributed by atoms with Crippen molar-refractivity contribution in [1.29, 1.82) is 0 Å². The molecule has 1 aliphatic carbocycles. The number of aliphatic hydroxyl groups is 1. The van der Waals surface area contributed by atoms with Crippen molar-refractivity contribution in [3.63, 3.8) is 0 Å². The maximum absolute atomic E-state index is 10.2. The van der Waals surface area contributed by atoms with Crippen LogP contribution in [0.25, 0.3) is 17.0 Å². The van der Waals surface area contributed by atoms with Gasteiger partial charge in [0.15, 0.2) is 10.8 Å². The van der Waals surface area contributed by atoms with Gasteiger partial charge in [0.1, 0.15) is 11.4 Å². The summed E-state index contributed by atoms with van der Waals surface area (Å²) in [5, 5.41) is 18.6. The molecule has 4 rings (SSSR count). The molecule has 3 aromatic heterocycles. The molecule has 0 aromatic carbocycles. The number of hydrogen-bond acceptors (Lipinski definition) is 6. The van der Waals surface area contributed by atoms with E-state index in [1.54, 1.807) is 4.52 Å². The largest absolute Gasteiger partial charge is 0.390 e. The average Bonchev–Trinajstić information content (AvgIpc) is 3.13. The third-order valence-corrected chi connectivity index (χ3v) is 6.14. The van der Waals surface area contributed by atoms with Crippen molar-refractivity contribution in [3.8, 4) is 11.4 Å². The molecule has 2 N–H and O–H groups in total. The Morgan fingerprint density at radius 1 is 1.17 bits per heavy atom. The highest BCUT2D eigenvalue weighted by atomic mass is 35.5. The topological polar surface area (TPSA) is 88.2 Å². The number of hydrogen-bond donors (Lipinski definition) is 2. The first-order chi connectivity index (χ1) is 14.3. The van der Waals surface area contributed by atoms with Crippen LogP contribution in [0.1, 0.15) is 63.5 Å². The highest BCUT2D eigenvalue weighted by molar-refractivity contribution is 6.29. The van der Waals surface area contributed by atoms with E-state index >= 15 is 0 Å². The van der Waals surface area contributed by atoms with E-state index in [9.17, 15) is 5.11 Å². The quantitative estimate of drug-likeness (QED) is 0.627. The number of aryl methyl sites for hydroxylation is 3. The second kappa shape index (κ2) is 8.12. The maximum Gasteiger partial charge on any atom is 0.177 e. The number of aromatic nitrogens is 5. The van der Waals surface area contributed by atoms with E-state index in [4.69, 9.17) is 26.6 Å². The summed E-state index contributed by atoms with van der Waals surface area (Å²) in [4.78, 5) is 14.5. The van der Waals surface area contributed by atoms with Gasteiger partial charge in [-0.25, -0.2) is 14.5 Å². The zero-order valence-corrected chi connectivity index (χ0v) is 18.8. The van der Waals surface area contributed by atoms with Crippen LogP contribution in [-0.2, 0) is 12.8 Å². The van der Waals surface area contributed by atoms with Crippen LogP contribution in [-0.4, -0.2) is 41.3 Å². The van der Waals surface area contributed by atoms with E-state index in [2.05, 4.69) is 24.3 Å². The molecular formula is C22H29ClN6O. The van der Waals surface area contributed by atoms with E-state index < -0.39 is 5.60 Å². The van der Waals surface area contributed by atoms with Gasteiger partial charge in [-0.05, 0) is 52.4 Å². The van der Waals surface area contributed by atoms with Gasteiger partial charge >= 0.3 is 0 Å². The molecule has 0 radical (unpaired) electrons. The van der Waals surface area contributed by atoms with Crippen molar-refractivity contribution in [2.24, 2.45) is 0 Å². The van der Waals surface area contributed by atoms with Crippen molar-refractivity contribution in [1.82, 2.24) is 24.6 Å². The number of nitrogens with zero attached hydrogens (tertiary/aromatic N) is 5. The molecule has 3 heterocycles. The molecule has 7 nitrogen and oxygen atoms in total. The normalized spacial score (nSPS) is 21.9. The Bertz CT molecular complexity index is 1070. The second-order valence-electron chi connectivity index (χ2n) is 8.45. The summed E-state index contributed by atoms with van der Waals surface area (Å²) in [7, 11) is 0. The predicted octanol–water partition coefficient (Wildman–Crippen LogP) is 4.38. The predicted molar refractivity (Wildman–Crippen MR) is 119 cm³/mol. The number of fused-ring (bicyclic) bond motifs is 1. The smallest absolute Gasteiger partial charge is 0.177 e. The summed E-state index contributed by atoms with van der Waals surface area (Å²) in [6.07, 6.45) is 6.90. The molecule has 1 saturated carbocycles. The molecule has 0 unspecified atom stereocenters. The van der Waals surface area contributed by atoms with Crippen molar-refractivity contribution < 1.29 is 5.11 Å². The first-order valence-electron chi connectivity index (χ1n) is 10.7. The fourth-order valence-electron chi connectivity index (χ4n) is 4.18. The van der Waals surface area contributed by atoms with Crippen molar-refractivity contribution in [2.75, 3.05) is 5.32 Å². The molecule has 0 bridgehead atoms. The highest BCUT2D eigenvalue weighted by Crippen LogP contribution is 2.31. The minimum Gasteiger partial charge on any atom is -0.390 e. The Labute approximate surface area is 181 Å². The fourth-order valence-corrected chi connectivity index (χ4v) is 4.37. The van der Waals surface area contributed by atoms with Crippen LogP contribution >= 0.6 is 11.6 Å². The van der Waals surface area contributed by atoms with Crippen LogP contribution in [0.3, 0.4) is 0 Å². The minimum absolute atomic E-state index is 0.268. The summed E-state index contributed by atoms with van der Waals surface area (Å²) in [6.45, 7) is 8.07. The molecule has 30 heavy (non-hydrogen) atoms. The third kappa shape index (κ3) is 4.14. The summed E-state index contributed by atoms with van der Waals surface area (Å²) >= 11 is 6.29. The number of halogens is 1. The van der Waals surface area contributed by atoms with E-state index in [1.165, 1.54) is 0 Å². The Kier molecular flexibility index (Phi) is 5.68. The van der Waals surface area contributed by atoms with Crippen molar-refractivity contribution in [2.45, 2.75) is 77.9 Å². The Balaban J connectivity index is 1.71. The molecule has 1 fully saturated rings. The summed E-state index contributed by atoms with van der Waals surface area (Å²) in [5.41, 5.74) is 5.43. The van der Waals surface area contributed by atoms with Crippen LogP contribution in [0, 0.1) is 6.92 Å². The standard InChI is InChI=1S/C22H29ClN6O/c1-5-15-16(6-2)26-20(13(3)24-15)18-12-29-21(27-18)17(11-19(23)28-29)25-14-7-9-22(4,30)10-8-14/h11-12,14,25,30H,5-10H2,1-4H3/t14-,22-. The van der Waals surface area contributed by atoms with E-state index in [-0.39, 0.29) is 6.04 Å². The van der Waals surface area contributed by atoms with Crippen LogP contribution < -0.4 is 5.32 Å². The molecule has 0 saturated heterocycles. The highest BCUT2D eigenvalue weighted by Gasteiger charge is 2.29. The maximum atomic E-state index is 10.2. The van der Waals surface area contributed by atoms with E-state index in [0.29, 0.717) is 10.8 Å². The monoisotopic (exact) mass is 428 g/mol. The lowest BCUT2D eigenvalue weighted by atomic mass is 9.83. The lowest BCUT2D eigenvalue weighted by molar-refractivity contribution is 0.0196. The zero-order chi connectivity index (χ0) is 21.5. The van der Waals surface area contributed by atoms with Gasteiger partial charge in [0.25, 0.3) is 0 Å². The van der Waals surface area contributed by atoms with Crippen LogP contribution in [0.15, 0.2) is 12.3 Å². The molecule has 3 aromatic rings. The van der Waals surface area contributed by atoms with Crippen molar-refractivity contribution >= 4 is 22.9 Å². The zero-order valence-electron chi connectivity index (χ0n) is 18.0. The molecule has 0 atom stereocenters. The summed E-state index contributed by atoms with van der Waals surface area (Å²) in [5.74, 6) is 0. The Morgan fingerprint density at radius 3 is 2.50 bits per heavy atom. The van der Waals surface area contributed by atoms with Gasteiger partial charge in [-0.2, -0.15) is 5.10 Å². The number of rotatable bonds is 5. The molecule has 1 aliphatic rings. The average molecular weight is 429 g/mol. The summed E-state index contributed by atoms with van der Waals surface area (Å²) < 4.78 is 1.71. The molecule has 0 spiro atoms. The van der Waals surface area contributed by atoms with Gasteiger partial charge in [-0.15, -0.1) is 0 Å². The Morgan fingerprint density at radius 2 is 1.83 bits per heavy atom. The molecule has 0 amide bonds. The Hall–Kier alpha value is -2.25. The molecule has 160 valence electrons. The fraction of sp³-hybridized carbons (Fsp3) is 0.545. The number of imidazole rings is 1. The third-order valence-electron chi connectivity index (χ3n) is 5.96. The van der Waals surface area contributed by atoms with Gasteiger partial charge in [0.05, 0.1) is 34.6 Å². The van der Waals surface area contributed by atoms with Gasteiger partial charge in [0.2, 0.25) is 0 Å². The van der Waals surface area contributed by atoms with Gasteiger partial charge in [-0.1, -0.05) is 25.4 Å². The van der Waals surface area contributed by atoms with Crippen LogP contribution in [0.4, 0.5) is 5.69 Å². The SMILES string of the molecule is CCc1nc(C)c(-c2cn3nc(Cl)cc(N[C@H]4CC[C@](C)(O)CC4)c3n2)nc1CC. The van der Waals surface area contributed by atoms with Crippen molar-refractivity contribution in [3.05, 3.63) is 34.5 Å². The molecule has 0 aliphatic heterocycles. The number of nitrogens with one attached hydrogen (secondary N) is 1. The summed E-state index contributed by atoms with van der Waals surface area (Å²) in [6, 6.07) is 2.08. The molecular weight excluding hydrogens is 400 g/mol. The lowest BCUT2D eigenvalue weighted by Gasteiger charge is -2.33. The minimum atomic E-state index is -0.568. The second-order valence-corrected chi connectivity index (χ2v) is 8.84. The van der Waals surface area contributed by atoms with Crippen LogP contribution in [0.2, 0.25) is 5.15 Å². The van der Waals surface area contributed by atoms with E-state index in [0.717, 1.165) is 72.7 Å².